The summed E-state index contributed by atoms with van der Waals surface area (Å²) in [5.41, 5.74) is 5.00. The van der Waals surface area contributed by atoms with E-state index < -0.39 is 17.7 Å². The SMILES string of the molecule is COC1=C([13CH3])C(=O)C2=C(C1=O)[C@@H](COC(N)=O)[C@@]1(OC)[C@H]3N[C@H]3CN21. The van der Waals surface area contributed by atoms with Gasteiger partial charge in [-0.15, -0.1) is 0 Å². The van der Waals surface area contributed by atoms with Gasteiger partial charge >= 0.3 is 6.09 Å². The third-order valence-electron chi connectivity index (χ3n) is 5.58. The van der Waals surface area contributed by atoms with Crippen LogP contribution in [-0.2, 0) is 23.8 Å². The number of amides is 1. The summed E-state index contributed by atoms with van der Waals surface area (Å²) in [7, 11) is 2.88. The number of nitrogens with two attached hydrogens (primary N) is 1. The van der Waals surface area contributed by atoms with E-state index in [0.29, 0.717) is 12.2 Å². The van der Waals surface area contributed by atoms with Crippen LogP contribution in [0.25, 0.3) is 0 Å². The number of carbonyl (C=O) groups excluding carboxylic acids is 3. The molecule has 9 nitrogen and oxygen atoms in total. The molecule has 4 rings (SSSR count). The van der Waals surface area contributed by atoms with E-state index in [1.54, 1.807) is 6.92 Å². The van der Waals surface area contributed by atoms with Crippen molar-refractivity contribution in [3.8, 4) is 0 Å². The van der Waals surface area contributed by atoms with Gasteiger partial charge in [0.05, 0.1) is 24.8 Å². The minimum atomic E-state index is -0.959. The van der Waals surface area contributed by atoms with Crippen molar-refractivity contribution in [3.05, 3.63) is 22.6 Å². The van der Waals surface area contributed by atoms with Crippen molar-refractivity contribution < 1.29 is 28.6 Å². The fourth-order valence-corrected chi connectivity index (χ4v) is 4.51. The minimum Gasteiger partial charge on any atom is -0.492 e. The Kier molecular flexibility index (Phi) is 3.26. The Hall–Kier alpha value is -2.39. The maximum atomic E-state index is 13.0. The summed E-state index contributed by atoms with van der Waals surface area (Å²) in [5.74, 6) is -1.27. The number of hydrogen-bond donors (Lipinski definition) is 2. The van der Waals surface area contributed by atoms with Gasteiger partial charge in [0.1, 0.15) is 6.61 Å². The van der Waals surface area contributed by atoms with Crippen molar-refractivity contribution in [2.24, 2.45) is 11.7 Å². The highest BCUT2D eigenvalue weighted by molar-refractivity contribution is 6.25. The number of ether oxygens (including phenoxy) is 3. The van der Waals surface area contributed by atoms with E-state index in [-0.39, 0.29) is 47.2 Å². The first-order valence-electron chi connectivity index (χ1n) is 7.98. The van der Waals surface area contributed by atoms with Gasteiger partial charge in [0, 0.05) is 30.8 Å². The zero-order valence-electron chi connectivity index (χ0n) is 14.1. The number of rotatable bonds is 4. The highest BCUT2D eigenvalue weighted by atomic mass is 16.6. The Morgan fingerprint density at radius 3 is 2.68 bits per heavy atom. The summed E-state index contributed by atoms with van der Waals surface area (Å²) in [6, 6.07) is 0.109. The van der Waals surface area contributed by atoms with E-state index in [4.69, 9.17) is 19.9 Å². The molecule has 0 saturated carbocycles. The average Bonchev–Trinajstić information content (AvgIpc) is 3.18. The molecule has 25 heavy (non-hydrogen) atoms. The number of carbonyl (C=O) groups is 3. The molecule has 2 saturated heterocycles. The Morgan fingerprint density at radius 1 is 1.36 bits per heavy atom. The van der Waals surface area contributed by atoms with Gasteiger partial charge in [0.15, 0.2) is 11.5 Å². The number of methoxy groups -OCH3 is 2. The number of hydrogen-bond acceptors (Lipinski definition) is 8. The third kappa shape index (κ3) is 1.82. The smallest absolute Gasteiger partial charge is 0.404 e. The minimum absolute atomic E-state index is 0.0144. The van der Waals surface area contributed by atoms with Crippen LogP contribution in [0.3, 0.4) is 0 Å². The summed E-state index contributed by atoms with van der Waals surface area (Å²) in [4.78, 5) is 38.9. The van der Waals surface area contributed by atoms with Crippen LogP contribution in [0, 0.1) is 5.92 Å². The van der Waals surface area contributed by atoms with Gasteiger partial charge in [0.25, 0.3) is 0 Å². The lowest BCUT2D eigenvalue weighted by molar-refractivity contribution is -0.137. The molecular formula is C16H19N3O6. The maximum absolute atomic E-state index is 13.0. The summed E-state index contributed by atoms with van der Waals surface area (Å²) in [6.45, 7) is 1.96. The molecule has 3 heterocycles. The van der Waals surface area contributed by atoms with Crippen LogP contribution in [0.4, 0.5) is 4.79 Å². The van der Waals surface area contributed by atoms with Gasteiger partial charge in [-0.25, -0.2) is 4.79 Å². The normalized spacial score (nSPS) is 35.6. The molecule has 0 aromatic carbocycles. The Bertz CT molecular complexity index is 772. The lowest BCUT2D eigenvalue weighted by atomic mass is 9.83. The standard InChI is InChI=1S/C16H19N3O6/c1-6-11(20)10-9(12(21)13(6)23-2)7(5-25-15(17)22)16(24-3)14-8(18-14)4-19(10)16/h7-8,14,18H,4-5H2,1-3H3,(H2,17,22)/t7-,8+,14+,16-/m1/s1/i1+1. The number of nitrogens with one attached hydrogen (secondary N) is 1. The highest BCUT2D eigenvalue weighted by Gasteiger charge is 2.72. The van der Waals surface area contributed by atoms with Gasteiger partial charge in [0.2, 0.25) is 11.6 Å². The van der Waals surface area contributed by atoms with Crippen LogP contribution in [0.2, 0.25) is 0 Å². The molecule has 0 radical (unpaired) electrons. The number of allylic oxidation sites excluding steroid dienone is 2. The second-order valence-corrected chi connectivity index (χ2v) is 6.58. The van der Waals surface area contributed by atoms with Crippen LogP contribution in [0.15, 0.2) is 22.6 Å². The number of fused-ring (bicyclic) bond motifs is 4. The van der Waals surface area contributed by atoms with Gasteiger partial charge in [-0.05, 0) is 6.92 Å². The molecule has 3 N–H and O–H groups in total. The summed E-state index contributed by atoms with van der Waals surface area (Å²) in [5, 5.41) is 3.29. The molecule has 1 amide bonds. The summed E-state index contributed by atoms with van der Waals surface area (Å²) < 4.78 is 16.0. The molecule has 0 aromatic rings. The first-order chi connectivity index (χ1) is 11.9. The van der Waals surface area contributed by atoms with Crippen molar-refractivity contribution in [2.75, 3.05) is 27.4 Å². The van der Waals surface area contributed by atoms with Gasteiger partial charge in [-0.1, -0.05) is 0 Å². The largest absolute Gasteiger partial charge is 0.492 e. The molecule has 0 bridgehead atoms. The van der Waals surface area contributed by atoms with E-state index in [1.165, 1.54) is 14.2 Å². The number of ketones is 2. The number of piperazine rings is 1. The van der Waals surface area contributed by atoms with Crippen molar-refractivity contribution in [3.63, 3.8) is 0 Å². The molecule has 4 atom stereocenters. The van der Waals surface area contributed by atoms with Crippen LogP contribution in [0.5, 0.6) is 0 Å². The lowest BCUT2D eigenvalue weighted by Gasteiger charge is -2.39. The molecule has 3 aliphatic heterocycles. The monoisotopic (exact) mass is 350 g/mol. The Balaban J connectivity index is 1.84. The second-order valence-electron chi connectivity index (χ2n) is 6.58. The molecular weight excluding hydrogens is 331 g/mol. The average molecular weight is 350 g/mol. The van der Waals surface area contributed by atoms with E-state index in [9.17, 15) is 14.4 Å². The molecule has 9 heteroatoms. The molecule has 0 aromatic heterocycles. The molecule has 2 fully saturated rings. The fourth-order valence-electron chi connectivity index (χ4n) is 4.51. The lowest BCUT2D eigenvalue weighted by Crippen LogP contribution is -2.55. The molecule has 1 aliphatic carbocycles. The Morgan fingerprint density at radius 2 is 2.08 bits per heavy atom. The Labute approximate surface area is 143 Å². The van der Waals surface area contributed by atoms with Crippen molar-refractivity contribution >= 4 is 17.7 Å². The van der Waals surface area contributed by atoms with Crippen LogP contribution in [0.1, 0.15) is 6.92 Å². The van der Waals surface area contributed by atoms with Crippen LogP contribution >= 0.6 is 0 Å². The van der Waals surface area contributed by atoms with Crippen molar-refractivity contribution in [1.82, 2.24) is 10.2 Å². The zero-order valence-corrected chi connectivity index (χ0v) is 14.1. The highest BCUT2D eigenvalue weighted by Crippen LogP contribution is 2.55. The fraction of sp³-hybridized carbons (Fsp3) is 0.562. The molecule has 134 valence electrons. The number of nitrogens with zero attached hydrogens (tertiary/aromatic N) is 1. The molecule has 4 aliphatic rings. The van der Waals surface area contributed by atoms with Gasteiger partial charge in [-0.3, -0.25) is 9.59 Å². The van der Waals surface area contributed by atoms with Gasteiger partial charge in [-0.2, -0.15) is 0 Å². The number of primary amides is 1. The van der Waals surface area contributed by atoms with E-state index in [2.05, 4.69) is 5.32 Å². The topological polar surface area (TPSA) is 130 Å². The summed E-state index contributed by atoms with van der Waals surface area (Å²) in [6.07, 6.45) is -0.946. The van der Waals surface area contributed by atoms with E-state index in [1.807, 2.05) is 4.90 Å². The predicted octanol–water partition coefficient (Wildman–Crippen LogP) is -0.963. The van der Waals surface area contributed by atoms with E-state index in [0.717, 1.165) is 0 Å². The molecule has 0 unspecified atom stereocenters. The van der Waals surface area contributed by atoms with Gasteiger partial charge < -0.3 is 30.2 Å². The second kappa shape index (κ2) is 5.06. The quantitative estimate of drug-likeness (QED) is 0.376. The first kappa shape index (κ1) is 16.1. The van der Waals surface area contributed by atoms with Crippen LogP contribution in [-0.4, -0.2) is 67.7 Å². The van der Waals surface area contributed by atoms with Crippen molar-refractivity contribution in [2.45, 2.75) is 24.7 Å². The van der Waals surface area contributed by atoms with Crippen LogP contribution < -0.4 is 11.1 Å². The van der Waals surface area contributed by atoms with Crippen molar-refractivity contribution in [1.29, 1.82) is 0 Å². The maximum Gasteiger partial charge on any atom is 0.404 e. The zero-order chi connectivity index (χ0) is 18.1. The van der Waals surface area contributed by atoms with E-state index >= 15 is 0 Å². The number of Topliss-reactive ketones (excluding diaryl/α,β-unsaturated/α-hetero) is 2. The summed E-state index contributed by atoms with van der Waals surface area (Å²) >= 11 is 0. The third-order valence-corrected chi connectivity index (χ3v) is 5.58. The first-order valence-corrected chi connectivity index (χ1v) is 7.98. The molecule has 0 spiro atoms. The predicted molar refractivity (Wildman–Crippen MR) is 82.9 cm³/mol.